The number of ether oxygens (including phenoxy) is 2. The monoisotopic (exact) mass is 378 g/mol. The van der Waals surface area contributed by atoms with Crippen LogP contribution in [0.15, 0.2) is 45.7 Å². The van der Waals surface area contributed by atoms with E-state index in [2.05, 4.69) is 11.9 Å². The molecule has 28 heavy (non-hydrogen) atoms. The number of oxazole rings is 1. The van der Waals surface area contributed by atoms with Gasteiger partial charge in [-0.15, -0.1) is 0 Å². The minimum Gasteiger partial charge on any atom is -0.493 e. The number of pyridine rings is 1. The molecule has 0 atom stereocenters. The molecule has 0 fully saturated rings. The first-order chi connectivity index (χ1) is 13.6. The zero-order chi connectivity index (χ0) is 19.7. The Bertz CT molecular complexity index is 1210. The van der Waals surface area contributed by atoms with E-state index in [1.165, 1.54) is 0 Å². The molecule has 0 saturated heterocycles. The Morgan fingerprint density at radius 1 is 1.07 bits per heavy atom. The maximum Gasteiger partial charge on any atom is 0.417 e. The molecule has 0 spiro atoms. The Balaban J connectivity index is 1.84. The van der Waals surface area contributed by atoms with Crippen molar-refractivity contribution < 1.29 is 13.9 Å². The molecule has 0 radical (unpaired) electrons. The van der Waals surface area contributed by atoms with Gasteiger partial charge in [-0.3, -0.25) is 9.97 Å². The third kappa shape index (κ3) is 3.22. The zero-order valence-corrected chi connectivity index (χ0v) is 16.2. The lowest BCUT2D eigenvalue weighted by molar-refractivity contribution is 0.356. The van der Waals surface area contributed by atoms with Gasteiger partial charge in [-0.05, 0) is 53.6 Å². The summed E-state index contributed by atoms with van der Waals surface area (Å²) in [6.07, 6.45) is 4.52. The normalized spacial score (nSPS) is 11.2. The number of fused-ring (bicyclic) bond motifs is 2. The third-order valence-electron chi connectivity index (χ3n) is 4.92. The van der Waals surface area contributed by atoms with Gasteiger partial charge in [-0.1, -0.05) is 19.4 Å². The van der Waals surface area contributed by atoms with E-state index in [0.717, 1.165) is 40.4 Å². The lowest BCUT2D eigenvalue weighted by atomic mass is 9.97. The van der Waals surface area contributed by atoms with Gasteiger partial charge in [-0.25, -0.2) is 4.79 Å². The number of methoxy groups -OCH3 is 2. The minimum absolute atomic E-state index is 0.444. The van der Waals surface area contributed by atoms with Gasteiger partial charge in [0.1, 0.15) is 0 Å². The topological polar surface area (TPSA) is 77.4 Å². The minimum atomic E-state index is -0.444. The van der Waals surface area contributed by atoms with Crippen molar-refractivity contribution in [2.45, 2.75) is 26.2 Å². The standard InChI is InChI=1S/C22H22N2O4/c1-4-5-17-16-11-21(27-3)20(26-2)10-15(16)14(12-23-17)8-13-6-7-19-18(9-13)24-22(25)28-19/h6-7,9-12H,4-5,8H2,1-3H3,(H,24,25). The molecule has 2 heterocycles. The SMILES string of the molecule is CCCc1ncc(Cc2ccc3oc(=O)[nH]c3c2)c2cc(OC)c(OC)cc12. The number of H-pyrrole nitrogens is 1. The first-order valence-corrected chi connectivity index (χ1v) is 9.27. The summed E-state index contributed by atoms with van der Waals surface area (Å²) in [6, 6.07) is 9.74. The van der Waals surface area contributed by atoms with Gasteiger partial charge in [0, 0.05) is 17.3 Å². The van der Waals surface area contributed by atoms with Crippen LogP contribution in [-0.2, 0) is 12.8 Å². The number of nitrogens with one attached hydrogen (secondary N) is 1. The van der Waals surface area contributed by atoms with Gasteiger partial charge in [0.2, 0.25) is 0 Å². The summed E-state index contributed by atoms with van der Waals surface area (Å²) in [6.45, 7) is 2.14. The molecule has 1 N–H and O–H groups in total. The third-order valence-corrected chi connectivity index (χ3v) is 4.92. The molecular weight excluding hydrogens is 356 g/mol. The van der Waals surface area contributed by atoms with Crippen LogP contribution in [0.25, 0.3) is 21.9 Å². The summed E-state index contributed by atoms with van der Waals surface area (Å²) in [5.41, 5.74) is 4.45. The smallest absolute Gasteiger partial charge is 0.417 e. The highest BCUT2D eigenvalue weighted by atomic mass is 16.5. The lowest BCUT2D eigenvalue weighted by Crippen LogP contribution is -1.99. The largest absolute Gasteiger partial charge is 0.493 e. The lowest BCUT2D eigenvalue weighted by Gasteiger charge is -2.14. The molecule has 2 aromatic heterocycles. The molecule has 0 unspecified atom stereocenters. The fourth-order valence-corrected chi connectivity index (χ4v) is 3.58. The number of benzene rings is 2. The summed E-state index contributed by atoms with van der Waals surface area (Å²) in [5, 5.41) is 2.17. The van der Waals surface area contributed by atoms with Crippen molar-refractivity contribution in [2.75, 3.05) is 14.2 Å². The van der Waals surface area contributed by atoms with Crippen molar-refractivity contribution >= 4 is 21.9 Å². The van der Waals surface area contributed by atoms with Gasteiger partial charge in [0.25, 0.3) is 0 Å². The molecule has 2 aromatic carbocycles. The van der Waals surface area contributed by atoms with Crippen LogP contribution in [-0.4, -0.2) is 24.2 Å². The van der Waals surface area contributed by atoms with Crippen LogP contribution in [0, 0.1) is 0 Å². The van der Waals surface area contributed by atoms with Crippen molar-refractivity contribution in [3.05, 3.63) is 63.9 Å². The van der Waals surface area contributed by atoms with E-state index in [1.54, 1.807) is 14.2 Å². The van der Waals surface area contributed by atoms with E-state index in [-0.39, 0.29) is 0 Å². The molecule has 0 aliphatic rings. The van der Waals surface area contributed by atoms with Crippen molar-refractivity contribution in [1.82, 2.24) is 9.97 Å². The second kappa shape index (κ2) is 7.38. The highest BCUT2D eigenvalue weighted by Crippen LogP contribution is 2.35. The maximum atomic E-state index is 11.4. The quantitative estimate of drug-likeness (QED) is 0.543. The van der Waals surface area contributed by atoms with Gasteiger partial charge in [0.15, 0.2) is 17.1 Å². The fourth-order valence-electron chi connectivity index (χ4n) is 3.58. The summed E-state index contributed by atoms with van der Waals surface area (Å²) in [7, 11) is 3.28. The van der Waals surface area contributed by atoms with Crippen LogP contribution in [0.4, 0.5) is 0 Å². The highest BCUT2D eigenvalue weighted by Gasteiger charge is 2.14. The first-order valence-electron chi connectivity index (χ1n) is 9.27. The second-order valence-electron chi connectivity index (χ2n) is 6.75. The Morgan fingerprint density at radius 3 is 2.54 bits per heavy atom. The van der Waals surface area contributed by atoms with Crippen LogP contribution in [0.2, 0.25) is 0 Å². The Morgan fingerprint density at radius 2 is 1.82 bits per heavy atom. The van der Waals surface area contributed by atoms with Crippen molar-refractivity contribution in [1.29, 1.82) is 0 Å². The van der Waals surface area contributed by atoms with E-state index in [0.29, 0.717) is 29.0 Å². The maximum absolute atomic E-state index is 11.4. The van der Waals surface area contributed by atoms with Crippen LogP contribution < -0.4 is 15.2 Å². The van der Waals surface area contributed by atoms with Gasteiger partial charge < -0.3 is 13.9 Å². The second-order valence-corrected chi connectivity index (χ2v) is 6.75. The molecule has 0 aliphatic heterocycles. The van der Waals surface area contributed by atoms with Crippen molar-refractivity contribution in [3.63, 3.8) is 0 Å². The molecule has 144 valence electrons. The molecular formula is C22H22N2O4. The number of aromatic amines is 1. The van der Waals surface area contributed by atoms with Crippen molar-refractivity contribution in [2.24, 2.45) is 0 Å². The molecule has 0 amide bonds. The average molecular weight is 378 g/mol. The predicted octanol–water partition coefficient (Wildman–Crippen LogP) is 4.23. The summed E-state index contributed by atoms with van der Waals surface area (Å²) in [5.74, 6) is 0.947. The zero-order valence-electron chi connectivity index (χ0n) is 16.2. The predicted molar refractivity (Wildman–Crippen MR) is 108 cm³/mol. The van der Waals surface area contributed by atoms with Crippen LogP contribution in [0.3, 0.4) is 0 Å². The molecule has 6 nitrogen and oxygen atoms in total. The Labute approximate surface area is 162 Å². The first kappa shape index (κ1) is 18.1. The van der Waals surface area contributed by atoms with Crippen LogP contribution in [0.1, 0.15) is 30.2 Å². The van der Waals surface area contributed by atoms with E-state index in [9.17, 15) is 4.79 Å². The molecule has 0 aliphatic carbocycles. The number of aromatic nitrogens is 2. The summed E-state index contributed by atoms with van der Waals surface area (Å²) in [4.78, 5) is 18.8. The number of nitrogens with zero attached hydrogens (tertiary/aromatic N) is 1. The molecule has 4 aromatic rings. The van der Waals surface area contributed by atoms with E-state index in [4.69, 9.17) is 18.9 Å². The number of rotatable bonds is 6. The van der Waals surface area contributed by atoms with Gasteiger partial charge in [0.05, 0.1) is 19.7 Å². The molecule has 4 rings (SSSR count). The van der Waals surface area contributed by atoms with E-state index < -0.39 is 5.76 Å². The summed E-state index contributed by atoms with van der Waals surface area (Å²) < 4.78 is 16.1. The van der Waals surface area contributed by atoms with E-state index >= 15 is 0 Å². The molecule has 0 saturated carbocycles. The highest BCUT2D eigenvalue weighted by molar-refractivity contribution is 5.91. The number of hydrogen-bond donors (Lipinski definition) is 1. The molecule has 6 heteroatoms. The van der Waals surface area contributed by atoms with Crippen LogP contribution in [0.5, 0.6) is 11.5 Å². The Kier molecular flexibility index (Phi) is 4.77. The fraction of sp³-hybridized carbons (Fsp3) is 0.273. The number of aryl methyl sites for hydroxylation is 1. The van der Waals surface area contributed by atoms with Crippen molar-refractivity contribution in [3.8, 4) is 11.5 Å². The van der Waals surface area contributed by atoms with Gasteiger partial charge in [-0.2, -0.15) is 0 Å². The number of hydrogen-bond acceptors (Lipinski definition) is 5. The molecule has 0 bridgehead atoms. The average Bonchev–Trinajstić information content (AvgIpc) is 3.08. The summed E-state index contributed by atoms with van der Waals surface area (Å²) >= 11 is 0. The van der Waals surface area contributed by atoms with Gasteiger partial charge >= 0.3 is 5.76 Å². The van der Waals surface area contributed by atoms with E-state index in [1.807, 2.05) is 36.5 Å². The van der Waals surface area contributed by atoms with Crippen LogP contribution >= 0.6 is 0 Å². The Hall–Kier alpha value is -3.28.